The highest BCUT2D eigenvalue weighted by atomic mass is 16.4. The Morgan fingerprint density at radius 2 is 1.61 bits per heavy atom. The molecule has 0 saturated heterocycles. The summed E-state index contributed by atoms with van der Waals surface area (Å²) in [7, 11) is 0. The number of aliphatic hydroxyl groups excluding tert-OH is 4. The van der Waals surface area contributed by atoms with E-state index in [-0.39, 0.29) is 5.82 Å². The molecular formula is C20H20N4O4. The van der Waals surface area contributed by atoms with Gasteiger partial charge in [0.25, 0.3) is 0 Å². The topological polar surface area (TPSA) is 124 Å². The van der Waals surface area contributed by atoms with Crippen molar-refractivity contribution in [3.05, 3.63) is 71.7 Å². The lowest BCUT2D eigenvalue weighted by Gasteiger charge is -2.20. The van der Waals surface area contributed by atoms with Crippen molar-refractivity contribution in [2.75, 3.05) is 6.61 Å². The van der Waals surface area contributed by atoms with Crippen LogP contribution in [0.2, 0.25) is 0 Å². The van der Waals surface area contributed by atoms with Crippen molar-refractivity contribution in [3.8, 4) is 0 Å². The predicted molar refractivity (Wildman–Crippen MR) is 102 cm³/mol. The lowest BCUT2D eigenvalue weighted by Crippen LogP contribution is -2.35. The molecule has 144 valence electrons. The second-order valence-electron chi connectivity index (χ2n) is 6.61. The fourth-order valence-electron chi connectivity index (χ4n) is 3.23. The number of nitrogens with zero attached hydrogens (tertiary/aromatic N) is 4. The van der Waals surface area contributed by atoms with Crippen LogP contribution in [0, 0.1) is 0 Å². The van der Waals surface area contributed by atoms with E-state index < -0.39 is 24.9 Å². The molecule has 0 fully saturated rings. The van der Waals surface area contributed by atoms with Crippen LogP contribution in [0.15, 0.2) is 54.6 Å². The summed E-state index contributed by atoms with van der Waals surface area (Å²) in [6.07, 6.45) is -4.13. The third kappa shape index (κ3) is 3.23. The molecule has 4 rings (SSSR count). The number of aromatic nitrogens is 4. The number of aliphatic hydroxyl groups is 4. The summed E-state index contributed by atoms with van der Waals surface area (Å²) in [5.74, 6) is 0.0721. The van der Waals surface area contributed by atoms with Gasteiger partial charge in [-0.1, -0.05) is 42.5 Å². The van der Waals surface area contributed by atoms with Crippen LogP contribution in [0.25, 0.3) is 16.7 Å². The average Bonchev–Trinajstić information content (AvgIpc) is 3.18. The number of fused-ring (bicyclic) bond motifs is 3. The van der Waals surface area contributed by atoms with Crippen LogP contribution in [0.1, 0.15) is 23.2 Å². The van der Waals surface area contributed by atoms with E-state index in [1.807, 2.05) is 54.6 Å². The van der Waals surface area contributed by atoms with E-state index in [0.717, 1.165) is 5.56 Å². The van der Waals surface area contributed by atoms with Crippen LogP contribution in [-0.2, 0) is 6.42 Å². The maximum atomic E-state index is 10.6. The van der Waals surface area contributed by atoms with Crippen LogP contribution in [0.5, 0.6) is 0 Å². The van der Waals surface area contributed by atoms with Gasteiger partial charge in [-0.15, -0.1) is 10.2 Å². The molecule has 8 heteroatoms. The molecule has 2 heterocycles. The Hall–Kier alpha value is -2.91. The first-order chi connectivity index (χ1) is 13.6. The Kier molecular flexibility index (Phi) is 5.01. The van der Waals surface area contributed by atoms with Crippen LogP contribution >= 0.6 is 0 Å². The molecule has 8 nitrogen and oxygen atoms in total. The van der Waals surface area contributed by atoms with Crippen LogP contribution in [-0.4, -0.2) is 58.8 Å². The number of benzene rings is 2. The lowest BCUT2D eigenvalue weighted by atomic mass is 10.1. The normalized spacial score (nSPS) is 15.0. The van der Waals surface area contributed by atoms with Crippen molar-refractivity contribution in [2.24, 2.45) is 0 Å². The minimum absolute atomic E-state index is 0.0721. The SMILES string of the molecule is OC[C@@H](O)[C@@H](O)[C@H](O)c1nnc2c(Cc3ccccc3)nc3ccccc3n12. The summed E-state index contributed by atoms with van der Waals surface area (Å²) in [6, 6.07) is 17.1. The minimum atomic E-state index is -1.61. The van der Waals surface area contributed by atoms with Crippen molar-refractivity contribution >= 4 is 16.7 Å². The molecule has 4 aromatic rings. The average molecular weight is 380 g/mol. The third-order valence-electron chi connectivity index (χ3n) is 4.71. The van der Waals surface area contributed by atoms with Gasteiger partial charge in [0.15, 0.2) is 11.5 Å². The molecule has 28 heavy (non-hydrogen) atoms. The van der Waals surface area contributed by atoms with Gasteiger partial charge in [0.2, 0.25) is 0 Å². The van der Waals surface area contributed by atoms with Gasteiger partial charge in [-0.25, -0.2) is 4.98 Å². The second kappa shape index (κ2) is 7.61. The maximum absolute atomic E-state index is 10.6. The van der Waals surface area contributed by atoms with Gasteiger partial charge in [0, 0.05) is 6.42 Å². The van der Waals surface area contributed by atoms with Crippen molar-refractivity contribution in [2.45, 2.75) is 24.7 Å². The van der Waals surface area contributed by atoms with Gasteiger partial charge in [0.05, 0.1) is 23.3 Å². The van der Waals surface area contributed by atoms with Gasteiger partial charge in [-0.2, -0.15) is 0 Å². The fraction of sp³-hybridized carbons (Fsp3) is 0.250. The van der Waals surface area contributed by atoms with E-state index in [1.54, 1.807) is 4.40 Å². The van der Waals surface area contributed by atoms with Gasteiger partial charge in [-0.05, 0) is 17.7 Å². The lowest BCUT2D eigenvalue weighted by molar-refractivity contribution is -0.0805. The van der Waals surface area contributed by atoms with E-state index in [4.69, 9.17) is 10.1 Å². The molecule has 0 aliphatic rings. The van der Waals surface area contributed by atoms with E-state index in [1.165, 1.54) is 0 Å². The molecule has 0 amide bonds. The zero-order chi connectivity index (χ0) is 19.7. The molecular weight excluding hydrogens is 360 g/mol. The Morgan fingerprint density at radius 3 is 2.36 bits per heavy atom. The van der Waals surface area contributed by atoms with E-state index >= 15 is 0 Å². The van der Waals surface area contributed by atoms with Crippen molar-refractivity contribution < 1.29 is 20.4 Å². The predicted octanol–water partition coefficient (Wildman–Crippen LogP) is 0.616. The zero-order valence-corrected chi connectivity index (χ0v) is 14.9. The molecule has 0 aliphatic carbocycles. The monoisotopic (exact) mass is 380 g/mol. The first-order valence-electron chi connectivity index (χ1n) is 8.91. The smallest absolute Gasteiger partial charge is 0.183 e. The van der Waals surface area contributed by atoms with Gasteiger partial charge in [-0.3, -0.25) is 4.40 Å². The quantitative estimate of drug-likeness (QED) is 0.386. The molecule has 3 atom stereocenters. The summed E-state index contributed by atoms with van der Waals surface area (Å²) in [5.41, 5.74) is 3.54. The van der Waals surface area contributed by atoms with Crippen LogP contribution < -0.4 is 0 Å². The molecule has 0 radical (unpaired) electrons. The third-order valence-corrected chi connectivity index (χ3v) is 4.71. The van der Waals surface area contributed by atoms with E-state index in [0.29, 0.717) is 28.8 Å². The molecule has 0 saturated carbocycles. The largest absolute Gasteiger partial charge is 0.394 e. The first-order valence-corrected chi connectivity index (χ1v) is 8.91. The number of hydrogen-bond acceptors (Lipinski definition) is 7. The standard InChI is InChI=1S/C20H20N4O4/c25-11-16(26)17(27)18(28)20-23-22-19-14(10-12-6-2-1-3-7-12)21-13-8-4-5-9-15(13)24(19)20/h1-9,16-18,25-28H,10-11H2/t16-,17-,18+/m1/s1. The number of hydrogen-bond donors (Lipinski definition) is 4. The van der Waals surface area contributed by atoms with Crippen LogP contribution in [0.4, 0.5) is 0 Å². The van der Waals surface area contributed by atoms with Gasteiger partial charge >= 0.3 is 0 Å². The summed E-state index contributed by atoms with van der Waals surface area (Å²) in [5, 5.41) is 47.7. The molecule has 2 aromatic heterocycles. The molecule has 0 aliphatic heterocycles. The molecule has 4 N–H and O–H groups in total. The van der Waals surface area contributed by atoms with Crippen molar-refractivity contribution in [1.82, 2.24) is 19.6 Å². The van der Waals surface area contributed by atoms with Crippen molar-refractivity contribution in [1.29, 1.82) is 0 Å². The molecule has 2 aromatic carbocycles. The Labute approximate surface area is 160 Å². The molecule has 0 spiro atoms. The van der Waals surface area contributed by atoms with E-state index in [9.17, 15) is 15.3 Å². The Morgan fingerprint density at radius 1 is 0.893 bits per heavy atom. The van der Waals surface area contributed by atoms with Crippen molar-refractivity contribution in [3.63, 3.8) is 0 Å². The summed E-state index contributed by atoms with van der Waals surface area (Å²) in [6.45, 7) is -0.684. The molecule has 0 bridgehead atoms. The maximum Gasteiger partial charge on any atom is 0.183 e. The first kappa shape index (κ1) is 18.5. The Bertz CT molecular complexity index is 1100. The summed E-state index contributed by atoms with van der Waals surface area (Å²) < 4.78 is 1.64. The zero-order valence-electron chi connectivity index (χ0n) is 14.9. The second-order valence-corrected chi connectivity index (χ2v) is 6.61. The molecule has 0 unspecified atom stereocenters. The minimum Gasteiger partial charge on any atom is -0.394 e. The highest BCUT2D eigenvalue weighted by Crippen LogP contribution is 2.25. The summed E-state index contributed by atoms with van der Waals surface area (Å²) >= 11 is 0. The van der Waals surface area contributed by atoms with E-state index in [2.05, 4.69) is 10.2 Å². The van der Waals surface area contributed by atoms with Gasteiger partial charge < -0.3 is 20.4 Å². The highest BCUT2D eigenvalue weighted by Gasteiger charge is 2.30. The highest BCUT2D eigenvalue weighted by molar-refractivity contribution is 5.78. The number of rotatable bonds is 6. The van der Waals surface area contributed by atoms with Gasteiger partial charge in [0.1, 0.15) is 18.3 Å². The fourth-order valence-corrected chi connectivity index (χ4v) is 3.23. The summed E-state index contributed by atoms with van der Waals surface area (Å²) in [4.78, 5) is 4.71. The number of para-hydroxylation sites is 2. The van der Waals surface area contributed by atoms with Crippen LogP contribution in [0.3, 0.4) is 0 Å². The Balaban J connectivity index is 1.89.